The Morgan fingerprint density at radius 2 is 2.00 bits per heavy atom. The summed E-state index contributed by atoms with van der Waals surface area (Å²) in [7, 11) is 0. The molecule has 4 unspecified atom stereocenters. The molecule has 2 aliphatic carbocycles. The zero-order valence-electron chi connectivity index (χ0n) is 8.11. The van der Waals surface area contributed by atoms with Crippen LogP contribution in [0.15, 0.2) is 25.3 Å². The van der Waals surface area contributed by atoms with Crippen molar-refractivity contribution in [2.45, 2.75) is 25.4 Å². The highest BCUT2D eigenvalue weighted by molar-refractivity contribution is 5.01. The number of hydrogen-bond donors (Lipinski definition) is 0. The van der Waals surface area contributed by atoms with Gasteiger partial charge in [0.1, 0.15) is 0 Å². The van der Waals surface area contributed by atoms with Crippen LogP contribution < -0.4 is 0 Å². The largest absolute Gasteiger partial charge is 0.374 e. The topological polar surface area (TPSA) is 9.23 Å². The van der Waals surface area contributed by atoms with Crippen molar-refractivity contribution in [1.82, 2.24) is 0 Å². The minimum atomic E-state index is 0.513. The average Bonchev–Trinajstić information content (AvgIpc) is 2.72. The maximum atomic E-state index is 5.73. The summed E-state index contributed by atoms with van der Waals surface area (Å²) in [6, 6.07) is 0. The third-order valence-electron chi connectivity index (χ3n) is 3.58. The fourth-order valence-electron chi connectivity index (χ4n) is 2.95. The van der Waals surface area contributed by atoms with Gasteiger partial charge < -0.3 is 4.74 Å². The lowest BCUT2D eigenvalue weighted by molar-refractivity contribution is 0.0279. The van der Waals surface area contributed by atoms with Gasteiger partial charge in [-0.15, -0.1) is 13.2 Å². The molecule has 2 rings (SSSR count). The van der Waals surface area contributed by atoms with Gasteiger partial charge in [0.05, 0.1) is 12.7 Å². The van der Waals surface area contributed by atoms with E-state index in [2.05, 4.69) is 19.2 Å². The minimum absolute atomic E-state index is 0.513. The molecule has 0 spiro atoms. The molecule has 1 nitrogen and oxygen atoms in total. The van der Waals surface area contributed by atoms with Crippen LogP contribution in [0.2, 0.25) is 0 Å². The Kier molecular flexibility index (Phi) is 2.54. The fourth-order valence-corrected chi connectivity index (χ4v) is 2.95. The van der Waals surface area contributed by atoms with Crippen molar-refractivity contribution >= 4 is 0 Å². The van der Waals surface area contributed by atoms with Crippen LogP contribution in [0.25, 0.3) is 0 Å². The molecule has 2 saturated carbocycles. The Morgan fingerprint density at radius 1 is 1.15 bits per heavy atom. The second kappa shape index (κ2) is 3.67. The molecule has 0 heterocycles. The van der Waals surface area contributed by atoms with E-state index in [-0.39, 0.29) is 0 Å². The van der Waals surface area contributed by atoms with Gasteiger partial charge in [0.25, 0.3) is 0 Å². The van der Waals surface area contributed by atoms with Crippen LogP contribution in [0.1, 0.15) is 19.3 Å². The molecule has 72 valence electrons. The first-order chi connectivity index (χ1) is 6.35. The highest BCUT2D eigenvalue weighted by atomic mass is 16.5. The molecule has 1 heteroatoms. The van der Waals surface area contributed by atoms with Gasteiger partial charge in [-0.1, -0.05) is 12.2 Å². The number of hydrogen-bond acceptors (Lipinski definition) is 1. The molecule has 0 radical (unpaired) electrons. The van der Waals surface area contributed by atoms with Crippen LogP contribution in [0.5, 0.6) is 0 Å². The zero-order chi connectivity index (χ0) is 9.26. The van der Waals surface area contributed by atoms with Gasteiger partial charge in [-0.05, 0) is 37.0 Å². The maximum absolute atomic E-state index is 5.73. The quantitative estimate of drug-likeness (QED) is 0.601. The molecule has 0 amide bonds. The summed E-state index contributed by atoms with van der Waals surface area (Å²) in [5.74, 6) is 2.43. The van der Waals surface area contributed by atoms with Crippen LogP contribution in [-0.2, 0) is 4.74 Å². The number of allylic oxidation sites excluding steroid dienone is 1. The van der Waals surface area contributed by atoms with Crippen molar-refractivity contribution in [2.75, 3.05) is 6.61 Å². The molecule has 0 N–H and O–H groups in total. The Labute approximate surface area is 80.5 Å². The van der Waals surface area contributed by atoms with Crippen LogP contribution >= 0.6 is 0 Å². The standard InChI is InChI=1S/C12H18O/c1-3-5-13-12-8-10-7-11(12)6-9(10)4-2/h3-4,9-12H,1-2,5-8H2. The Hall–Kier alpha value is -0.560. The lowest BCUT2D eigenvalue weighted by Gasteiger charge is -2.25. The molecule has 2 fully saturated rings. The summed E-state index contributed by atoms with van der Waals surface area (Å²) in [4.78, 5) is 0. The monoisotopic (exact) mass is 178 g/mol. The van der Waals surface area contributed by atoms with Crippen molar-refractivity contribution < 1.29 is 4.74 Å². The van der Waals surface area contributed by atoms with Gasteiger partial charge in [0, 0.05) is 0 Å². The van der Waals surface area contributed by atoms with E-state index >= 15 is 0 Å². The molecule has 0 saturated heterocycles. The van der Waals surface area contributed by atoms with Gasteiger partial charge >= 0.3 is 0 Å². The van der Waals surface area contributed by atoms with Crippen molar-refractivity contribution in [2.24, 2.45) is 17.8 Å². The summed E-state index contributed by atoms with van der Waals surface area (Å²) in [5, 5.41) is 0. The summed E-state index contributed by atoms with van der Waals surface area (Å²) >= 11 is 0. The van der Waals surface area contributed by atoms with Crippen LogP contribution in [0.3, 0.4) is 0 Å². The number of fused-ring (bicyclic) bond motifs is 2. The summed E-state index contributed by atoms with van der Waals surface area (Å²) in [5.41, 5.74) is 0. The molecular weight excluding hydrogens is 160 g/mol. The van der Waals surface area contributed by atoms with Crippen molar-refractivity contribution in [3.05, 3.63) is 25.3 Å². The van der Waals surface area contributed by atoms with E-state index in [1.165, 1.54) is 19.3 Å². The van der Waals surface area contributed by atoms with Crippen LogP contribution in [0, 0.1) is 17.8 Å². The van der Waals surface area contributed by atoms with Gasteiger partial charge in [0.2, 0.25) is 0 Å². The van der Waals surface area contributed by atoms with E-state index in [9.17, 15) is 0 Å². The Balaban J connectivity index is 1.87. The molecular formula is C12H18O. The van der Waals surface area contributed by atoms with E-state index in [4.69, 9.17) is 4.74 Å². The first kappa shape index (κ1) is 9.01. The summed E-state index contributed by atoms with van der Waals surface area (Å²) in [6.45, 7) is 8.28. The van der Waals surface area contributed by atoms with E-state index in [1.54, 1.807) is 0 Å². The van der Waals surface area contributed by atoms with Gasteiger partial charge in [0.15, 0.2) is 0 Å². The van der Waals surface area contributed by atoms with Gasteiger partial charge in [-0.2, -0.15) is 0 Å². The van der Waals surface area contributed by atoms with Gasteiger partial charge in [-0.25, -0.2) is 0 Å². The average molecular weight is 178 g/mol. The molecule has 0 aromatic rings. The summed E-state index contributed by atoms with van der Waals surface area (Å²) in [6.07, 6.45) is 8.40. The number of ether oxygens (including phenoxy) is 1. The second-order valence-corrected chi connectivity index (χ2v) is 4.29. The molecule has 0 aromatic heterocycles. The van der Waals surface area contributed by atoms with Gasteiger partial charge in [-0.3, -0.25) is 0 Å². The number of rotatable bonds is 4. The molecule has 0 aliphatic heterocycles. The van der Waals surface area contributed by atoms with Crippen LogP contribution in [0.4, 0.5) is 0 Å². The molecule has 2 bridgehead atoms. The van der Waals surface area contributed by atoms with Crippen molar-refractivity contribution in [3.63, 3.8) is 0 Å². The minimum Gasteiger partial charge on any atom is -0.374 e. The normalized spacial score (nSPS) is 42.2. The first-order valence-corrected chi connectivity index (χ1v) is 5.20. The molecule has 4 atom stereocenters. The maximum Gasteiger partial charge on any atom is 0.0648 e. The molecule has 0 aromatic carbocycles. The van der Waals surface area contributed by atoms with E-state index < -0.39 is 0 Å². The Bertz CT molecular complexity index is 209. The lowest BCUT2D eigenvalue weighted by atomic mass is 9.87. The highest BCUT2D eigenvalue weighted by Gasteiger charge is 2.44. The second-order valence-electron chi connectivity index (χ2n) is 4.29. The smallest absolute Gasteiger partial charge is 0.0648 e. The lowest BCUT2D eigenvalue weighted by Crippen LogP contribution is -2.24. The predicted octanol–water partition coefficient (Wildman–Crippen LogP) is 2.79. The third kappa shape index (κ3) is 1.58. The van der Waals surface area contributed by atoms with E-state index in [0.717, 1.165) is 17.8 Å². The van der Waals surface area contributed by atoms with E-state index in [0.29, 0.717) is 12.7 Å². The van der Waals surface area contributed by atoms with Crippen molar-refractivity contribution in [1.29, 1.82) is 0 Å². The van der Waals surface area contributed by atoms with Crippen LogP contribution in [-0.4, -0.2) is 12.7 Å². The third-order valence-corrected chi connectivity index (χ3v) is 3.58. The zero-order valence-corrected chi connectivity index (χ0v) is 8.11. The van der Waals surface area contributed by atoms with E-state index in [1.807, 2.05) is 6.08 Å². The molecule has 13 heavy (non-hydrogen) atoms. The summed E-state index contributed by atoms with van der Waals surface area (Å²) < 4.78 is 5.73. The van der Waals surface area contributed by atoms with Crippen molar-refractivity contribution in [3.8, 4) is 0 Å². The SMILES string of the molecule is C=CCOC1CC2CC1CC2C=C. The first-order valence-electron chi connectivity index (χ1n) is 5.20. The molecule has 2 aliphatic rings. The fraction of sp³-hybridized carbons (Fsp3) is 0.667. The predicted molar refractivity (Wildman–Crippen MR) is 54.5 cm³/mol. The Morgan fingerprint density at radius 3 is 2.54 bits per heavy atom. The highest BCUT2D eigenvalue weighted by Crippen LogP contribution is 2.49.